The summed E-state index contributed by atoms with van der Waals surface area (Å²) in [5, 5.41) is 0.867. The molecule has 0 saturated heterocycles. The molecule has 2 aliphatic rings. The van der Waals surface area contributed by atoms with Crippen molar-refractivity contribution in [1.29, 1.82) is 0 Å². The topological polar surface area (TPSA) is 62.1 Å². The fourth-order valence-corrected chi connectivity index (χ4v) is 6.02. The first kappa shape index (κ1) is 18.9. The Labute approximate surface area is 176 Å². The Morgan fingerprint density at radius 3 is 2.69 bits per heavy atom. The molecule has 0 aromatic carbocycles. The minimum absolute atomic E-state index is 0.116. The second kappa shape index (κ2) is 6.99. The maximum Gasteiger partial charge on any atom is 0.331 e. The van der Waals surface area contributed by atoms with Gasteiger partial charge in [0.1, 0.15) is 11.0 Å². The second-order valence-corrected chi connectivity index (χ2v) is 9.27. The first-order valence-corrected chi connectivity index (χ1v) is 11.3. The molecule has 1 aliphatic carbocycles. The monoisotopic (exact) mass is 431 g/mol. The molecule has 152 valence electrons. The van der Waals surface area contributed by atoms with Gasteiger partial charge in [-0.3, -0.25) is 13.9 Å². The van der Waals surface area contributed by atoms with Crippen LogP contribution in [0, 0.1) is 0 Å². The molecular formula is C21H22ClN3O3S. The maximum absolute atomic E-state index is 13.3. The SMILES string of the molecule is Cn1c(=O)c2c(C3=CCCCC3)n3c(c2n(C)c1=O)C(c1ccc(Cl)o1)SCC3. The van der Waals surface area contributed by atoms with Crippen LogP contribution in [0.2, 0.25) is 5.22 Å². The van der Waals surface area contributed by atoms with Gasteiger partial charge in [0, 0.05) is 26.4 Å². The summed E-state index contributed by atoms with van der Waals surface area (Å²) in [5.41, 5.74) is 3.32. The number of furan rings is 1. The molecule has 0 N–H and O–H groups in total. The molecule has 1 unspecified atom stereocenters. The molecule has 0 amide bonds. The molecule has 0 radical (unpaired) electrons. The number of allylic oxidation sites excluding steroid dienone is 2. The van der Waals surface area contributed by atoms with Gasteiger partial charge in [-0.05, 0) is 55.0 Å². The van der Waals surface area contributed by atoms with Crippen LogP contribution >= 0.6 is 23.4 Å². The van der Waals surface area contributed by atoms with E-state index in [1.54, 1.807) is 36.5 Å². The van der Waals surface area contributed by atoms with Crippen LogP contribution in [0.15, 0.2) is 32.2 Å². The maximum atomic E-state index is 13.3. The molecule has 1 atom stereocenters. The van der Waals surface area contributed by atoms with Crippen molar-refractivity contribution in [2.24, 2.45) is 14.1 Å². The molecule has 3 aromatic rings. The van der Waals surface area contributed by atoms with Crippen LogP contribution in [0.25, 0.3) is 16.5 Å². The van der Waals surface area contributed by atoms with Gasteiger partial charge in [0.2, 0.25) is 0 Å². The summed E-state index contributed by atoms with van der Waals surface area (Å²) in [6, 6.07) is 3.62. The standard InChI is InChI=1S/C21H22ClN3O3S/c1-23-17-15(20(26)24(2)21(23)27)16(12-6-4-3-5-7-12)25-10-11-29-19(18(17)25)13-8-9-14(22)28-13/h6,8-9,19H,3-5,7,10-11H2,1-2H3. The Bertz CT molecular complexity index is 1280. The lowest BCUT2D eigenvalue weighted by atomic mass is 9.96. The van der Waals surface area contributed by atoms with E-state index < -0.39 is 0 Å². The van der Waals surface area contributed by atoms with Gasteiger partial charge in [-0.1, -0.05) is 6.08 Å². The summed E-state index contributed by atoms with van der Waals surface area (Å²) in [6.07, 6.45) is 6.53. The zero-order valence-corrected chi connectivity index (χ0v) is 18.0. The van der Waals surface area contributed by atoms with E-state index in [1.165, 1.54) is 16.6 Å². The van der Waals surface area contributed by atoms with E-state index in [9.17, 15) is 9.59 Å². The molecule has 1 aliphatic heterocycles. The highest BCUT2D eigenvalue weighted by Gasteiger charge is 2.34. The van der Waals surface area contributed by atoms with Crippen LogP contribution in [-0.2, 0) is 20.6 Å². The Morgan fingerprint density at radius 2 is 2.00 bits per heavy atom. The third-order valence-electron chi connectivity index (χ3n) is 6.00. The molecule has 0 spiro atoms. The summed E-state index contributed by atoms with van der Waals surface area (Å²) in [6.45, 7) is 0.795. The number of aromatic nitrogens is 3. The van der Waals surface area contributed by atoms with Crippen molar-refractivity contribution in [3.63, 3.8) is 0 Å². The normalized spacial score (nSPS) is 19.4. The second-order valence-electron chi connectivity index (χ2n) is 7.68. The zero-order valence-electron chi connectivity index (χ0n) is 16.4. The summed E-state index contributed by atoms with van der Waals surface area (Å²) < 4.78 is 10.8. The van der Waals surface area contributed by atoms with Crippen LogP contribution < -0.4 is 11.2 Å². The Morgan fingerprint density at radius 1 is 1.17 bits per heavy atom. The van der Waals surface area contributed by atoms with Gasteiger partial charge in [0.05, 0.1) is 22.3 Å². The summed E-state index contributed by atoms with van der Waals surface area (Å²) in [5.74, 6) is 1.64. The molecule has 0 bridgehead atoms. The Hall–Kier alpha value is -2.12. The van der Waals surface area contributed by atoms with E-state index >= 15 is 0 Å². The predicted molar refractivity (Wildman–Crippen MR) is 117 cm³/mol. The van der Waals surface area contributed by atoms with Gasteiger partial charge in [-0.2, -0.15) is 0 Å². The summed E-state index contributed by atoms with van der Waals surface area (Å²) in [4.78, 5) is 26.1. The molecule has 6 nitrogen and oxygen atoms in total. The zero-order chi connectivity index (χ0) is 20.3. The molecule has 0 fully saturated rings. The first-order chi connectivity index (χ1) is 14.0. The van der Waals surface area contributed by atoms with Crippen molar-refractivity contribution in [3.8, 4) is 0 Å². The predicted octanol–water partition coefficient (Wildman–Crippen LogP) is 4.08. The highest BCUT2D eigenvalue weighted by Crippen LogP contribution is 2.46. The van der Waals surface area contributed by atoms with Crippen molar-refractivity contribution >= 4 is 39.8 Å². The first-order valence-electron chi connectivity index (χ1n) is 9.87. The molecule has 3 aromatic heterocycles. The molecule has 8 heteroatoms. The van der Waals surface area contributed by atoms with Gasteiger partial charge in [-0.25, -0.2) is 4.79 Å². The summed E-state index contributed by atoms with van der Waals surface area (Å²) >= 11 is 7.81. The third kappa shape index (κ3) is 2.78. The number of rotatable bonds is 2. The molecule has 5 rings (SSSR count). The number of nitrogens with zero attached hydrogens (tertiary/aromatic N) is 3. The minimum atomic E-state index is -0.313. The van der Waals surface area contributed by atoms with Crippen molar-refractivity contribution in [3.05, 3.63) is 61.4 Å². The Kier molecular flexibility index (Phi) is 4.55. The fraction of sp³-hybridized carbons (Fsp3) is 0.429. The number of thioether (sulfide) groups is 1. The smallest absolute Gasteiger partial charge is 0.331 e. The molecular weight excluding hydrogens is 410 g/mol. The number of hydrogen-bond donors (Lipinski definition) is 0. The Balaban J connectivity index is 1.92. The van der Waals surface area contributed by atoms with Crippen LogP contribution in [-0.4, -0.2) is 19.5 Å². The van der Waals surface area contributed by atoms with Gasteiger partial charge in [0.25, 0.3) is 5.56 Å². The van der Waals surface area contributed by atoms with Crippen LogP contribution in [0.1, 0.15) is 48.1 Å². The fourth-order valence-electron chi connectivity index (χ4n) is 4.65. The molecule has 4 heterocycles. The number of aryl methyl sites for hydroxylation is 1. The highest BCUT2D eigenvalue weighted by molar-refractivity contribution is 7.99. The van der Waals surface area contributed by atoms with Crippen molar-refractivity contribution in [2.45, 2.75) is 37.5 Å². The van der Waals surface area contributed by atoms with Gasteiger partial charge >= 0.3 is 5.69 Å². The highest BCUT2D eigenvalue weighted by atomic mass is 35.5. The van der Waals surface area contributed by atoms with Crippen LogP contribution in [0.3, 0.4) is 0 Å². The van der Waals surface area contributed by atoms with Crippen LogP contribution in [0.4, 0.5) is 0 Å². The van der Waals surface area contributed by atoms with E-state index in [2.05, 4.69) is 10.6 Å². The van der Waals surface area contributed by atoms with Crippen molar-refractivity contribution in [1.82, 2.24) is 13.7 Å². The molecule has 0 saturated carbocycles. The minimum Gasteiger partial charge on any atom is -0.448 e. The lowest BCUT2D eigenvalue weighted by Gasteiger charge is -2.26. The average Bonchev–Trinajstić information content (AvgIpc) is 3.32. The number of hydrogen-bond acceptors (Lipinski definition) is 4. The summed E-state index contributed by atoms with van der Waals surface area (Å²) in [7, 11) is 3.30. The van der Waals surface area contributed by atoms with E-state index in [0.29, 0.717) is 16.1 Å². The number of halogens is 1. The van der Waals surface area contributed by atoms with Gasteiger partial charge in [0.15, 0.2) is 5.22 Å². The van der Waals surface area contributed by atoms with E-state index in [4.69, 9.17) is 16.0 Å². The van der Waals surface area contributed by atoms with E-state index in [-0.39, 0.29) is 16.5 Å². The lowest BCUT2D eigenvalue weighted by molar-refractivity contribution is 0.510. The molecule has 29 heavy (non-hydrogen) atoms. The largest absolute Gasteiger partial charge is 0.448 e. The van der Waals surface area contributed by atoms with Crippen LogP contribution in [0.5, 0.6) is 0 Å². The quantitative estimate of drug-likeness (QED) is 0.613. The lowest BCUT2D eigenvalue weighted by Crippen LogP contribution is -2.37. The average molecular weight is 432 g/mol. The van der Waals surface area contributed by atoms with E-state index in [1.807, 2.05) is 6.07 Å². The number of fused-ring (bicyclic) bond motifs is 3. The van der Waals surface area contributed by atoms with Crippen molar-refractivity contribution < 1.29 is 4.42 Å². The van der Waals surface area contributed by atoms with E-state index in [0.717, 1.165) is 48.7 Å². The van der Waals surface area contributed by atoms with Crippen molar-refractivity contribution in [2.75, 3.05) is 5.75 Å². The van der Waals surface area contributed by atoms with Gasteiger partial charge in [-0.15, -0.1) is 11.8 Å². The van der Waals surface area contributed by atoms with Gasteiger partial charge < -0.3 is 8.98 Å². The third-order valence-corrected chi connectivity index (χ3v) is 7.41.